The highest BCUT2D eigenvalue weighted by molar-refractivity contribution is 6.36. The van der Waals surface area contributed by atoms with Crippen molar-refractivity contribution >= 4 is 38.9 Å². The molecule has 1 aliphatic carbocycles. The molecule has 0 saturated carbocycles. The first-order chi connectivity index (χ1) is 11.3. The minimum absolute atomic E-state index is 0.0830. The molecule has 1 N–H and O–H groups in total. The third-order valence-electron chi connectivity index (χ3n) is 5.03. The number of halogens is 1. The second kappa shape index (κ2) is 4.62. The molecule has 0 unspecified atom stereocenters. The number of para-hydroxylation sites is 1. The van der Waals surface area contributed by atoms with E-state index in [9.17, 15) is 4.79 Å². The predicted octanol–water partition coefficient (Wildman–Crippen LogP) is 4.47. The molecule has 23 heavy (non-hydrogen) atoms. The Bertz CT molecular complexity index is 1150. The summed E-state index contributed by atoms with van der Waals surface area (Å²) in [5.41, 5.74) is 4.86. The van der Waals surface area contributed by atoms with E-state index in [0.717, 1.165) is 69.2 Å². The van der Waals surface area contributed by atoms with Gasteiger partial charge in [-0.3, -0.25) is 9.20 Å². The van der Waals surface area contributed by atoms with Gasteiger partial charge in [0.15, 0.2) is 0 Å². The Hall–Kier alpha value is -2.26. The van der Waals surface area contributed by atoms with Crippen molar-refractivity contribution in [1.82, 2.24) is 9.38 Å². The van der Waals surface area contributed by atoms with Crippen molar-refractivity contribution in [3.8, 4) is 0 Å². The quantitative estimate of drug-likeness (QED) is 0.509. The molecule has 0 atom stereocenters. The van der Waals surface area contributed by atoms with Gasteiger partial charge in [-0.05, 0) is 43.4 Å². The minimum atomic E-state index is 0.0830. The molecule has 1 aromatic carbocycles. The maximum atomic E-state index is 12.9. The Morgan fingerprint density at radius 2 is 1.78 bits per heavy atom. The summed E-state index contributed by atoms with van der Waals surface area (Å²) >= 11 is 6.76. The number of pyridine rings is 2. The largest absolute Gasteiger partial charge is 0.353 e. The van der Waals surface area contributed by atoms with Gasteiger partial charge in [-0.25, -0.2) is 0 Å². The molecule has 4 aromatic rings. The van der Waals surface area contributed by atoms with Crippen LogP contribution in [0.1, 0.15) is 24.0 Å². The lowest BCUT2D eigenvalue weighted by Gasteiger charge is -2.18. The molecular formula is C19H15ClN2O. The number of aromatic nitrogens is 2. The summed E-state index contributed by atoms with van der Waals surface area (Å²) in [5.74, 6) is 0. The fourth-order valence-corrected chi connectivity index (χ4v) is 4.32. The molecule has 0 radical (unpaired) electrons. The van der Waals surface area contributed by atoms with Gasteiger partial charge in [-0.15, -0.1) is 0 Å². The molecule has 1 aliphatic rings. The van der Waals surface area contributed by atoms with Gasteiger partial charge in [0, 0.05) is 28.0 Å². The molecule has 114 valence electrons. The van der Waals surface area contributed by atoms with Crippen molar-refractivity contribution in [3.63, 3.8) is 0 Å². The predicted molar refractivity (Wildman–Crippen MR) is 94.7 cm³/mol. The summed E-state index contributed by atoms with van der Waals surface area (Å²) in [5, 5.41) is 3.00. The summed E-state index contributed by atoms with van der Waals surface area (Å²) in [6.07, 6.45) is 5.77. The minimum Gasteiger partial charge on any atom is -0.353 e. The van der Waals surface area contributed by atoms with Crippen LogP contribution in [-0.2, 0) is 12.8 Å². The molecule has 0 aliphatic heterocycles. The second-order valence-corrected chi connectivity index (χ2v) is 6.65. The molecule has 4 heteroatoms. The summed E-state index contributed by atoms with van der Waals surface area (Å²) < 4.78 is 1.71. The Labute approximate surface area is 137 Å². The topological polar surface area (TPSA) is 37.3 Å². The third-order valence-corrected chi connectivity index (χ3v) is 5.44. The van der Waals surface area contributed by atoms with Crippen LogP contribution in [0.4, 0.5) is 0 Å². The van der Waals surface area contributed by atoms with Crippen LogP contribution in [-0.4, -0.2) is 9.38 Å². The number of rotatable bonds is 0. The third kappa shape index (κ3) is 1.68. The fraction of sp³-hybridized carbons (Fsp3) is 0.211. The Morgan fingerprint density at radius 1 is 1.00 bits per heavy atom. The van der Waals surface area contributed by atoms with Crippen LogP contribution in [0.3, 0.4) is 0 Å². The lowest BCUT2D eigenvalue weighted by molar-refractivity contribution is 0.676. The van der Waals surface area contributed by atoms with E-state index >= 15 is 0 Å². The zero-order valence-electron chi connectivity index (χ0n) is 12.5. The van der Waals surface area contributed by atoms with Crippen molar-refractivity contribution in [2.75, 3.05) is 0 Å². The van der Waals surface area contributed by atoms with Gasteiger partial charge < -0.3 is 4.98 Å². The molecule has 5 rings (SSSR count). The smallest absolute Gasteiger partial charge is 0.258 e. The highest BCUT2D eigenvalue weighted by Crippen LogP contribution is 2.34. The monoisotopic (exact) mass is 322 g/mol. The van der Waals surface area contributed by atoms with Crippen LogP contribution >= 0.6 is 11.6 Å². The van der Waals surface area contributed by atoms with Crippen molar-refractivity contribution in [3.05, 3.63) is 63.0 Å². The zero-order valence-corrected chi connectivity index (χ0v) is 13.3. The highest BCUT2D eigenvalue weighted by Gasteiger charge is 2.21. The number of benzene rings is 1. The van der Waals surface area contributed by atoms with Crippen LogP contribution in [0.5, 0.6) is 0 Å². The summed E-state index contributed by atoms with van der Waals surface area (Å²) in [4.78, 5) is 16.3. The lowest BCUT2D eigenvalue weighted by Crippen LogP contribution is -2.23. The standard InChI is InChI=1S/C19H15ClN2O/c20-16-12-6-1-2-7-14(12)19(23)22-10-9-13-11-5-3-4-8-15(11)21-17(13)18(16)22/h3-5,8-10,21H,1-2,6-7H2. The van der Waals surface area contributed by atoms with Crippen LogP contribution in [0.25, 0.3) is 27.3 Å². The van der Waals surface area contributed by atoms with Crippen LogP contribution in [0.2, 0.25) is 5.02 Å². The average molecular weight is 323 g/mol. The van der Waals surface area contributed by atoms with E-state index < -0.39 is 0 Å². The van der Waals surface area contributed by atoms with Crippen LogP contribution in [0, 0.1) is 0 Å². The maximum Gasteiger partial charge on any atom is 0.258 e. The number of aromatic amines is 1. The molecule has 3 aromatic heterocycles. The SMILES string of the molecule is O=c1c2c(c(Cl)c3c4[nH]c5ccccc5c4ccn13)CCCC2. The Balaban J connectivity index is 2.05. The molecule has 0 bridgehead atoms. The summed E-state index contributed by atoms with van der Waals surface area (Å²) in [7, 11) is 0. The Kier molecular flexibility index (Phi) is 2.65. The van der Waals surface area contributed by atoms with Gasteiger partial charge in [0.25, 0.3) is 5.56 Å². The van der Waals surface area contributed by atoms with Gasteiger partial charge in [-0.1, -0.05) is 29.8 Å². The van der Waals surface area contributed by atoms with Gasteiger partial charge in [0.05, 0.1) is 16.1 Å². The van der Waals surface area contributed by atoms with Gasteiger partial charge in [0.1, 0.15) is 0 Å². The molecule has 3 nitrogen and oxygen atoms in total. The van der Waals surface area contributed by atoms with Crippen molar-refractivity contribution in [2.24, 2.45) is 0 Å². The molecule has 3 heterocycles. The second-order valence-electron chi connectivity index (χ2n) is 6.28. The van der Waals surface area contributed by atoms with E-state index in [1.807, 2.05) is 24.4 Å². The van der Waals surface area contributed by atoms with Gasteiger partial charge >= 0.3 is 0 Å². The molecule has 0 fully saturated rings. The first-order valence-corrected chi connectivity index (χ1v) is 8.38. The van der Waals surface area contributed by atoms with E-state index in [4.69, 9.17) is 11.6 Å². The number of fused-ring (bicyclic) bond motifs is 6. The van der Waals surface area contributed by atoms with E-state index in [2.05, 4.69) is 17.1 Å². The number of nitrogens with zero attached hydrogens (tertiary/aromatic N) is 1. The molecule has 0 spiro atoms. The van der Waals surface area contributed by atoms with Gasteiger partial charge in [-0.2, -0.15) is 0 Å². The zero-order chi connectivity index (χ0) is 15.6. The average Bonchev–Trinajstić information content (AvgIpc) is 2.98. The van der Waals surface area contributed by atoms with Gasteiger partial charge in [0.2, 0.25) is 0 Å². The summed E-state index contributed by atoms with van der Waals surface area (Å²) in [6, 6.07) is 10.2. The van der Waals surface area contributed by atoms with Crippen molar-refractivity contribution in [2.45, 2.75) is 25.7 Å². The van der Waals surface area contributed by atoms with Crippen molar-refractivity contribution in [1.29, 1.82) is 0 Å². The van der Waals surface area contributed by atoms with E-state index in [0.29, 0.717) is 0 Å². The van der Waals surface area contributed by atoms with E-state index in [-0.39, 0.29) is 5.56 Å². The van der Waals surface area contributed by atoms with Crippen LogP contribution < -0.4 is 5.56 Å². The molecule has 0 amide bonds. The Morgan fingerprint density at radius 3 is 2.65 bits per heavy atom. The first-order valence-electron chi connectivity index (χ1n) is 8.00. The fourth-order valence-electron chi connectivity index (χ4n) is 3.92. The summed E-state index contributed by atoms with van der Waals surface area (Å²) in [6.45, 7) is 0. The number of hydrogen-bond donors (Lipinski definition) is 1. The first kappa shape index (κ1) is 13.2. The lowest BCUT2D eigenvalue weighted by atomic mass is 9.92. The number of hydrogen-bond acceptors (Lipinski definition) is 1. The highest BCUT2D eigenvalue weighted by atomic mass is 35.5. The maximum absolute atomic E-state index is 12.9. The molecular weight excluding hydrogens is 308 g/mol. The van der Waals surface area contributed by atoms with E-state index in [1.165, 1.54) is 0 Å². The molecule has 0 saturated heterocycles. The normalized spacial score (nSPS) is 14.7. The van der Waals surface area contributed by atoms with E-state index in [1.54, 1.807) is 4.40 Å². The van der Waals surface area contributed by atoms with Crippen LogP contribution in [0.15, 0.2) is 41.3 Å². The number of nitrogens with one attached hydrogen (secondary N) is 1. The van der Waals surface area contributed by atoms with Crippen molar-refractivity contribution < 1.29 is 0 Å². The number of H-pyrrole nitrogens is 1.